The molecule has 0 unspecified atom stereocenters. The Kier molecular flexibility index (Phi) is 4.15. The molecule has 7 nitrogen and oxygen atoms in total. The monoisotopic (exact) mass is 412 g/mol. The summed E-state index contributed by atoms with van der Waals surface area (Å²) in [5.74, 6) is -0.577. The summed E-state index contributed by atoms with van der Waals surface area (Å²) >= 11 is 0. The summed E-state index contributed by atoms with van der Waals surface area (Å²) in [4.78, 5) is 32.4. The van der Waals surface area contributed by atoms with Gasteiger partial charge < -0.3 is 5.21 Å². The highest BCUT2D eigenvalue weighted by Gasteiger charge is 2.37. The standard InChI is InChI=1S/C24H20N4O3/c1-13(2)27-19-12-18(25-15-10-8-14(3)9-11-15)20-21(22(19)26-28(27)31)24(30)17-7-5-4-6-16(17)23(20)29/h4-13,31H,1-3H3. The average Bonchev–Trinajstić information content (AvgIpc) is 3.08. The first kappa shape index (κ1) is 19.0. The third-order valence-corrected chi connectivity index (χ3v) is 5.53. The van der Waals surface area contributed by atoms with Gasteiger partial charge in [-0.1, -0.05) is 42.0 Å². The lowest BCUT2D eigenvalue weighted by Gasteiger charge is -2.20. The number of hydrogen-bond donors (Lipinski definition) is 1. The van der Waals surface area contributed by atoms with Gasteiger partial charge in [-0.2, -0.15) is 0 Å². The first-order valence-electron chi connectivity index (χ1n) is 10.0. The number of aryl methyl sites for hydroxylation is 1. The van der Waals surface area contributed by atoms with Crippen molar-refractivity contribution in [3.05, 3.63) is 87.8 Å². The number of carbonyl (C=O) groups is 2. The Bertz CT molecular complexity index is 1410. The molecule has 2 aromatic carbocycles. The lowest BCUT2D eigenvalue weighted by molar-refractivity contribution is 0.0682. The van der Waals surface area contributed by atoms with Gasteiger partial charge >= 0.3 is 0 Å². The maximum atomic E-state index is 13.5. The molecule has 0 saturated carbocycles. The number of nitrogens with zero attached hydrogens (tertiary/aromatic N) is 4. The quantitative estimate of drug-likeness (QED) is 0.445. The number of aromatic nitrogens is 3. The van der Waals surface area contributed by atoms with Crippen LogP contribution in [-0.2, 0) is 0 Å². The van der Waals surface area contributed by atoms with Gasteiger partial charge in [0, 0.05) is 17.2 Å². The summed E-state index contributed by atoms with van der Waals surface area (Å²) in [6.07, 6.45) is 0. The van der Waals surface area contributed by atoms with E-state index in [0.29, 0.717) is 27.9 Å². The van der Waals surface area contributed by atoms with Gasteiger partial charge in [0.15, 0.2) is 11.6 Å². The van der Waals surface area contributed by atoms with Crippen molar-refractivity contribution in [3.63, 3.8) is 0 Å². The zero-order valence-corrected chi connectivity index (χ0v) is 17.3. The van der Waals surface area contributed by atoms with E-state index in [1.807, 2.05) is 45.0 Å². The number of fused-ring (bicyclic) bond motifs is 4. The molecule has 5 rings (SSSR count). The van der Waals surface area contributed by atoms with Gasteiger partial charge in [-0.15, -0.1) is 5.10 Å². The largest absolute Gasteiger partial charge is 0.398 e. The van der Waals surface area contributed by atoms with Crippen molar-refractivity contribution in [1.82, 2.24) is 14.7 Å². The summed E-state index contributed by atoms with van der Waals surface area (Å²) in [7, 11) is 0. The lowest BCUT2D eigenvalue weighted by atomic mass is 9.81. The van der Waals surface area contributed by atoms with Crippen LogP contribution in [0.1, 0.15) is 57.3 Å². The Hall–Kier alpha value is -4.00. The van der Waals surface area contributed by atoms with Crippen LogP contribution in [0.15, 0.2) is 59.6 Å². The Morgan fingerprint density at radius 1 is 0.935 bits per heavy atom. The van der Waals surface area contributed by atoms with Crippen LogP contribution < -0.4 is 5.36 Å². The average molecular weight is 412 g/mol. The Morgan fingerprint density at radius 2 is 1.55 bits per heavy atom. The van der Waals surface area contributed by atoms with Gasteiger partial charge in [-0.3, -0.25) is 9.59 Å². The summed E-state index contributed by atoms with van der Waals surface area (Å²) in [5, 5.41) is 15.0. The number of rotatable bonds is 2. The minimum atomic E-state index is -0.301. The predicted molar refractivity (Wildman–Crippen MR) is 114 cm³/mol. The fourth-order valence-corrected chi connectivity index (χ4v) is 4.09. The van der Waals surface area contributed by atoms with Crippen LogP contribution >= 0.6 is 0 Å². The van der Waals surface area contributed by atoms with Crippen molar-refractivity contribution in [3.8, 4) is 11.4 Å². The van der Waals surface area contributed by atoms with Gasteiger partial charge in [0.1, 0.15) is 5.69 Å². The third-order valence-electron chi connectivity index (χ3n) is 5.53. The maximum absolute atomic E-state index is 13.5. The molecule has 7 heteroatoms. The number of benzene rings is 3. The van der Waals surface area contributed by atoms with Crippen LogP contribution in [-0.4, -0.2) is 31.5 Å². The van der Waals surface area contributed by atoms with Crippen molar-refractivity contribution >= 4 is 17.3 Å². The molecule has 31 heavy (non-hydrogen) atoms. The topological polar surface area (TPSA) is 89.5 Å². The molecule has 0 spiro atoms. The van der Waals surface area contributed by atoms with Gasteiger partial charge in [0.25, 0.3) is 0 Å². The number of carbonyl (C=O) groups excluding carboxylic acids is 2. The van der Waals surface area contributed by atoms with Gasteiger partial charge in [0.05, 0.1) is 27.9 Å². The first-order chi connectivity index (χ1) is 14.9. The molecule has 0 saturated heterocycles. The zero-order chi connectivity index (χ0) is 21.9. The van der Waals surface area contributed by atoms with Crippen LogP contribution in [0.4, 0.5) is 5.69 Å². The van der Waals surface area contributed by atoms with E-state index in [-0.39, 0.29) is 34.4 Å². The van der Waals surface area contributed by atoms with Crippen LogP contribution in [0.5, 0.6) is 0 Å². The summed E-state index contributed by atoms with van der Waals surface area (Å²) < 4.78 is 1.56. The van der Waals surface area contributed by atoms with Crippen molar-refractivity contribution in [1.29, 1.82) is 0 Å². The number of hydrogen-bond acceptors (Lipinski definition) is 5. The lowest BCUT2D eigenvalue weighted by Crippen LogP contribution is -2.30. The molecular weight excluding hydrogens is 392 g/mol. The molecule has 0 aromatic heterocycles. The number of ketones is 2. The molecular formula is C24H20N4O3. The van der Waals surface area contributed by atoms with E-state index in [1.54, 1.807) is 35.0 Å². The van der Waals surface area contributed by atoms with Crippen molar-refractivity contribution < 1.29 is 14.8 Å². The first-order valence-corrected chi connectivity index (χ1v) is 10.0. The highest BCUT2D eigenvalue weighted by Crippen LogP contribution is 2.34. The van der Waals surface area contributed by atoms with Crippen LogP contribution in [0.2, 0.25) is 0 Å². The van der Waals surface area contributed by atoms with Crippen LogP contribution in [0.3, 0.4) is 0 Å². The van der Waals surface area contributed by atoms with E-state index in [9.17, 15) is 14.8 Å². The van der Waals surface area contributed by atoms with Crippen LogP contribution in [0.25, 0.3) is 11.4 Å². The second-order valence-electron chi connectivity index (χ2n) is 7.97. The molecule has 1 N–H and O–H groups in total. The summed E-state index contributed by atoms with van der Waals surface area (Å²) in [6.45, 7) is 5.77. The second kappa shape index (κ2) is 6.77. The third kappa shape index (κ3) is 2.81. The van der Waals surface area contributed by atoms with Gasteiger partial charge in [-0.05, 0) is 43.9 Å². The highest BCUT2D eigenvalue weighted by atomic mass is 16.5. The van der Waals surface area contributed by atoms with E-state index >= 15 is 0 Å². The molecule has 1 aliphatic heterocycles. The van der Waals surface area contributed by atoms with Crippen molar-refractivity contribution in [2.45, 2.75) is 26.8 Å². The molecule has 3 aliphatic rings. The van der Waals surface area contributed by atoms with Gasteiger partial charge in [0.2, 0.25) is 0 Å². The van der Waals surface area contributed by atoms with Crippen molar-refractivity contribution in [2.24, 2.45) is 4.99 Å². The molecule has 0 fully saturated rings. The Balaban J connectivity index is 1.92. The molecule has 0 bridgehead atoms. The maximum Gasteiger partial charge on any atom is 0.196 e. The van der Waals surface area contributed by atoms with E-state index in [2.05, 4.69) is 5.10 Å². The highest BCUT2D eigenvalue weighted by molar-refractivity contribution is 6.30. The normalized spacial score (nSPS) is 13.7. The van der Waals surface area contributed by atoms with E-state index in [0.717, 1.165) is 10.5 Å². The zero-order valence-electron chi connectivity index (χ0n) is 17.3. The van der Waals surface area contributed by atoms with E-state index in [4.69, 9.17) is 4.99 Å². The minimum absolute atomic E-state index is 0.137. The summed E-state index contributed by atoms with van der Waals surface area (Å²) in [6, 6.07) is 15.9. The second-order valence-corrected chi connectivity index (χ2v) is 7.97. The SMILES string of the molecule is Cc1ccc(N=c2cc3n(C(C)C)n(O)nc-3c3c2C(=O)c2ccccc2C3=O)cc1. The smallest absolute Gasteiger partial charge is 0.196 e. The van der Waals surface area contributed by atoms with Crippen molar-refractivity contribution in [2.75, 3.05) is 0 Å². The molecule has 2 aromatic rings. The van der Waals surface area contributed by atoms with E-state index in [1.165, 1.54) is 0 Å². The van der Waals surface area contributed by atoms with E-state index < -0.39 is 0 Å². The van der Waals surface area contributed by atoms with Crippen LogP contribution in [0, 0.1) is 6.92 Å². The molecule has 0 amide bonds. The van der Waals surface area contributed by atoms with Gasteiger partial charge in [-0.25, -0.2) is 9.67 Å². The fraction of sp³-hybridized carbons (Fsp3) is 0.167. The molecule has 154 valence electrons. The fourth-order valence-electron chi connectivity index (χ4n) is 4.09. The molecule has 1 heterocycles. The molecule has 0 radical (unpaired) electrons. The summed E-state index contributed by atoms with van der Waals surface area (Å²) in [5.41, 5.74) is 3.64. The predicted octanol–water partition coefficient (Wildman–Crippen LogP) is 3.92. The molecule has 2 aliphatic carbocycles. The Morgan fingerprint density at radius 3 is 2.16 bits per heavy atom. The Labute approximate surface area is 178 Å². The molecule has 0 atom stereocenters. The minimum Gasteiger partial charge on any atom is -0.398 e.